The topological polar surface area (TPSA) is 20.9 Å². The Morgan fingerprint density at radius 2 is 1.37 bits per heavy atom. The van der Waals surface area contributed by atoms with Crippen LogP contribution in [-0.4, -0.2) is 0 Å². The van der Waals surface area contributed by atoms with E-state index < -0.39 is 0 Å². The fraction of sp³-hybridized carbons (Fsp3) is 0.150. The van der Waals surface area contributed by atoms with Crippen molar-refractivity contribution in [1.82, 2.24) is 0 Å². The Hall–Kier alpha value is -5.02. The number of hydrogen-bond donors (Lipinski definition) is 0. The van der Waals surface area contributed by atoms with Crippen molar-refractivity contribution in [3.63, 3.8) is 0 Å². The Balaban J connectivity index is 1.24. The number of rotatable bonds is 2. The number of aromatic nitrogens is 2. The number of fused-ring (bicyclic) bond motifs is 12. The van der Waals surface area contributed by atoms with Crippen molar-refractivity contribution in [2.45, 2.75) is 39.8 Å². The van der Waals surface area contributed by atoms with E-state index in [4.69, 9.17) is 4.42 Å². The fourth-order valence-corrected chi connectivity index (χ4v) is 7.63. The van der Waals surface area contributed by atoms with Gasteiger partial charge in [-0.3, -0.25) is 0 Å². The lowest BCUT2D eigenvalue weighted by molar-refractivity contribution is -0.689. The maximum Gasteiger partial charge on any atom is 0.221 e. The average molecular weight is 557 g/mol. The van der Waals surface area contributed by atoms with Gasteiger partial charge in [0.2, 0.25) is 11.4 Å². The third-order valence-electron chi connectivity index (χ3n) is 9.91. The van der Waals surface area contributed by atoms with Crippen LogP contribution in [0.25, 0.3) is 67.4 Å². The van der Waals surface area contributed by atoms with Crippen molar-refractivity contribution >= 4 is 44.9 Å². The van der Waals surface area contributed by atoms with Crippen molar-refractivity contribution in [1.29, 1.82) is 0 Å². The van der Waals surface area contributed by atoms with Crippen LogP contribution in [0.5, 0.6) is 0 Å². The van der Waals surface area contributed by atoms with Gasteiger partial charge in [-0.1, -0.05) is 66.7 Å². The van der Waals surface area contributed by atoms with Gasteiger partial charge in [0.15, 0.2) is 25.5 Å². The van der Waals surface area contributed by atoms with E-state index in [2.05, 4.69) is 120 Å². The number of aryl methyl sites for hydroxylation is 2. The van der Waals surface area contributed by atoms with E-state index in [0.717, 1.165) is 53.4 Å². The van der Waals surface area contributed by atoms with E-state index in [1.165, 1.54) is 61.1 Å². The standard InChI is InChI=1S/C40H32N2O/c1-25-26(2)31-19-23-42-21-17-28-8-3-4-10-32(28)39(42)38(31)37-30(25)18-22-41-20-16-27(24-35(37)41)14-15-29-9-7-12-34-33-11-5-6-13-36(33)43-40(29)34/h3-17,20-21,24H,18-19,22-23H2,1-2H3/q+2/b15-14+. The van der Waals surface area contributed by atoms with E-state index in [1.807, 2.05) is 12.1 Å². The molecule has 4 aromatic carbocycles. The number of benzene rings is 4. The van der Waals surface area contributed by atoms with Gasteiger partial charge in [0.05, 0.1) is 16.5 Å². The van der Waals surface area contributed by atoms with Crippen LogP contribution >= 0.6 is 0 Å². The number of furan rings is 1. The first-order chi connectivity index (χ1) is 21.2. The highest BCUT2D eigenvalue weighted by Crippen LogP contribution is 2.44. The normalized spacial score (nSPS) is 13.8. The Labute approximate surface area is 251 Å². The summed E-state index contributed by atoms with van der Waals surface area (Å²) in [4.78, 5) is 0. The second-order valence-electron chi connectivity index (χ2n) is 12.1. The van der Waals surface area contributed by atoms with Gasteiger partial charge >= 0.3 is 0 Å². The summed E-state index contributed by atoms with van der Waals surface area (Å²) in [6.07, 6.45) is 11.1. The quantitative estimate of drug-likeness (QED) is 0.196. The second kappa shape index (κ2) is 9.24. The third kappa shape index (κ3) is 3.61. The van der Waals surface area contributed by atoms with Gasteiger partial charge in [0, 0.05) is 47.4 Å². The summed E-state index contributed by atoms with van der Waals surface area (Å²) in [5, 5.41) is 4.96. The Morgan fingerprint density at radius 3 is 2.26 bits per heavy atom. The van der Waals surface area contributed by atoms with Crippen LogP contribution in [0.4, 0.5) is 0 Å². The van der Waals surface area contributed by atoms with Crippen molar-refractivity contribution in [2.24, 2.45) is 0 Å². The summed E-state index contributed by atoms with van der Waals surface area (Å²) < 4.78 is 11.2. The largest absolute Gasteiger partial charge is 0.455 e. The van der Waals surface area contributed by atoms with Crippen LogP contribution in [0.3, 0.4) is 0 Å². The molecule has 3 nitrogen and oxygen atoms in total. The van der Waals surface area contributed by atoms with E-state index in [-0.39, 0.29) is 0 Å². The molecule has 0 saturated carbocycles. The van der Waals surface area contributed by atoms with Crippen LogP contribution < -0.4 is 9.13 Å². The highest BCUT2D eigenvalue weighted by molar-refractivity contribution is 6.07. The minimum atomic E-state index is 0.932. The van der Waals surface area contributed by atoms with E-state index >= 15 is 0 Å². The first-order valence-electron chi connectivity index (χ1n) is 15.3. The number of nitrogens with zero attached hydrogens (tertiary/aromatic N) is 2. The molecule has 5 heterocycles. The molecule has 206 valence electrons. The summed E-state index contributed by atoms with van der Waals surface area (Å²) in [5.41, 5.74) is 15.6. The average Bonchev–Trinajstić information content (AvgIpc) is 3.44. The molecule has 0 aliphatic carbocycles. The Morgan fingerprint density at radius 1 is 0.651 bits per heavy atom. The molecule has 0 N–H and O–H groups in total. The van der Waals surface area contributed by atoms with Crippen LogP contribution in [0.2, 0.25) is 0 Å². The zero-order chi connectivity index (χ0) is 28.7. The molecule has 3 heteroatoms. The van der Waals surface area contributed by atoms with Gasteiger partial charge in [-0.25, -0.2) is 0 Å². The smallest absolute Gasteiger partial charge is 0.221 e. The molecule has 2 aliphatic rings. The van der Waals surface area contributed by atoms with Gasteiger partial charge in [-0.15, -0.1) is 0 Å². The minimum Gasteiger partial charge on any atom is -0.455 e. The summed E-state index contributed by atoms with van der Waals surface area (Å²) in [6, 6.07) is 30.5. The van der Waals surface area contributed by atoms with Crippen molar-refractivity contribution < 1.29 is 13.6 Å². The molecule has 0 atom stereocenters. The fourth-order valence-electron chi connectivity index (χ4n) is 7.63. The zero-order valence-electron chi connectivity index (χ0n) is 24.5. The van der Waals surface area contributed by atoms with Crippen molar-refractivity contribution in [2.75, 3.05) is 0 Å². The van der Waals surface area contributed by atoms with E-state index in [0.29, 0.717) is 0 Å². The predicted molar refractivity (Wildman–Crippen MR) is 175 cm³/mol. The molecule has 0 fully saturated rings. The lowest BCUT2D eigenvalue weighted by Crippen LogP contribution is -2.43. The molecular formula is C40H32N2O+2. The molecule has 2 aliphatic heterocycles. The molecule has 0 saturated heterocycles. The molecule has 7 aromatic rings. The maximum atomic E-state index is 6.31. The van der Waals surface area contributed by atoms with Crippen LogP contribution in [0.15, 0.2) is 102 Å². The molecule has 0 bridgehead atoms. The molecule has 0 unspecified atom stereocenters. The van der Waals surface area contributed by atoms with Crippen molar-refractivity contribution in [3.8, 4) is 22.5 Å². The molecule has 0 radical (unpaired) electrons. The van der Waals surface area contributed by atoms with Gasteiger partial charge in [0.1, 0.15) is 11.2 Å². The Kier molecular flexibility index (Phi) is 5.28. The van der Waals surface area contributed by atoms with Crippen LogP contribution in [-0.2, 0) is 25.9 Å². The van der Waals surface area contributed by atoms with E-state index in [9.17, 15) is 0 Å². The SMILES string of the molecule is Cc1c(C)c2c(c3c1CC[n+]1ccc(/C=C/c4cccc5c4oc4ccccc45)cc1-3)-c1c3ccccc3cc[n+]1CC2. The van der Waals surface area contributed by atoms with Gasteiger partial charge in [-0.05, 0) is 59.2 Å². The molecule has 3 aromatic heterocycles. The summed E-state index contributed by atoms with van der Waals surface area (Å²) >= 11 is 0. The molecule has 0 spiro atoms. The van der Waals surface area contributed by atoms with Gasteiger partial charge < -0.3 is 4.42 Å². The summed E-state index contributed by atoms with van der Waals surface area (Å²) in [5.74, 6) is 0. The summed E-state index contributed by atoms with van der Waals surface area (Å²) in [7, 11) is 0. The number of hydrogen-bond acceptors (Lipinski definition) is 1. The molecule has 43 heavy (non-hydrogen) atoms. The number of para-hydroxylation sites is 2. The van der Waals surface area contributed by atoms with Gasteiger partial charge in [0.25, 0.3) is 0 Å². The molecule has 0 amide bonds. The lowest BCUT2D eigenvalue weighted by atomic mass is 9.79. The first-order valence-corrected chi connectivity index (χ1v) is 15.3. The predicted octanol–water partition coefficient (Wildman–Crippen LogP) is 8.55. The van der Waals surface area contributed by atoms with Crippen molar-refractivity contribution in [3.05, 3.63) is 131 Å². The minimum absolute atomic E-state index is 0.932. The van der Waals surface area contributed by atoms with Gasteiger partial charge in [-0.2, -0.15) is 9.13 Å². The highest BCUT2D eigenvalue weighted by atomic mass is 16.3. The second-order valence-corrected chi connectivity index (χ2v) is 12.1. The third-order valence-corrected chi connectivity index (χ3v) is 9.91. The molecular weight excluding hydrogens is 524 g/mol. The van der Waals surface area contributed by atoms with Crippen LogP contribution in [0.1, 0.15) is 33.4 Å². The van der Waals surface area contributed by atoms with Crippen LogP contribution in [0, 0.1) is 13.8 Å². The maximum absolute atomic E-state index is 6.31. The monoisotopic (exact) mass is 556 g/mol. The lowest BCUT2D eigenvalue weighted by Gasteiger charge is -2.27. The molecule has 9 rings (SSSR count). The first kappa shape index (κ1) is 24.6. The zero-order valence-corrected chi connectivity index (χ0v) is 24.5. The number of pyridine rings is 2. The Bertz CT molecular complexity index is 2320. The highest BCUT2D eigenvalue weighted by Gasteiger charge is 2.37. The summed E-state index contributed by atoms with van der Waals surface area (Å²) in [6.45, 7) is 6.70. The van der Waals surface area contributed by atoms with E-state index in [1.54, 1.807) is 0 Å².